The number of phenols is 1. The molecule has 28 heavy (non-hydrogen) atoms. The molecule has 1 fully saturated rings. The fourth-order valence-corrected chi connectivity index (χ4v) is 3.71. The second kappa shape index (κ2) is 9.22. The number of rotatable bonds is 7. The lowest BCUT2D eigenvalue weighted by Crippen LogP contribution is -2.35. The largest absolute Gasteiger partial charge is 0.506 e. The third-order valence-corrected chi connectivity index (χ3v) is 5.17. The monoisotopic (exact) mass is 378 g/mol. The van der Waals surface area contributed by atoms with Gasteiger partial charge in [-0.25, -0.2) is 0 Å². The Morgan fingerprint density at radius 1 is 1.21 bits per heavy atom. The van der Waals surface area contributed by atoms with Gasteiger partial charge >= 0.3 is 0 Å². The van der Waals surface area contributed by atoms with Gasteiger partial charge in [-0.15, -0.1) is 0 Å². The minimum atomic E-state index is -0.431. The van der Waals surface area contributed by atoms with Crippen molar-refractivity contribution in [2.45, 2.75) is 38.1 Å². The van der Waals surface area contributed by atoms with Crippen LogP contribution in [0.4, 0.5) is 5.69 Å². The predicted molar refractivity (Wildman–Crippen MR) is 110 cm³/mol. The summed E-state index contributed by atoms with van der Waals surface area (Å²) in [7, 11) is 0. The van der Waals surface area contributed by atoms with Crippen LogP contribution in [0.5, 0.6) is 5.75 Å². The highest BCUT2D eigenvalue weighted by Gasteiger charge is 2.29. The second-order valence-corrected chi connectivity index (χ2v) is 7.10. The Morgan fingerprint density at radius 3 is 2.75 bits per heavy atom. The number of hydrogen-bond donors (Lipinski definition) is 2. The first-order valence-electron chi connectivity index (χ1n) is 9.70. The predicted octanol–water partition coefficient (Wildman–Crippen LogP) is 4.14. The van der Waals surface area contributed by atoms with Crippen LogP contribution in [-0.4, -0.2) is 34.4 Å². The summed E-state index contributed by atoms with van der Waals surface area (Å²) in [4.78, 5) is 26.5. The molecule has 3 rings (SSSR count). The fourth-order valence-electron chi connectivity index (χ4n) is 3.71. The molecule has 2 amide bonds. The average Bonchev–Trinajstić information content (AvgIpc) is 3.18. The molecule has 2 aromatic carbocycles. The molecule has 0 radical (unpaired) electrons. The molecule has 1 atom stereocenters. The first-order chi connectivity index (χ1) is 13.6. The van der Waals surface area contributed by atoms with E-state index in [0.717, 1.165) is 44.7 Å². The molecule has 146 valence electrons. The summed E-state index contributed by atoms with van der Waals surface area (Å²) in [5.41, 5.74) is 2.00. The third kappa shape index (κ3) is 4.80. The smallest absolute Gasteiger partial charge is 0.254 e. The quantitative estimate of drug-likeness (QED) is 0.562. The molecule has 1 unspecified atom stereocenters. The Kier molecular flexibility index (Phi) is 6.48. The first-order valence-corrected chi connectivity index (χ1v) is 9.70. The molecule has 0 saturated carbocycles. The Morgan fingerprint density at radius 2 is 2.00 bits per heavy atom. The topological polar surface area (TPSA) is 69.6 Å². The zero-order valence-electron chi connectivity index (χ0n) is 15.9. The van der Waals surface area contributed by atoms with E-state index in [2.05, 4.69) is 24.0 Å². The van der Waals surface area contributed by atoms with Crippen LogP contribution in [0, 0.1) is 0 Å². The van der Waals surface area contributed by atoms with Gasteiger partial charge in [-0.2, -0.15) is 0 Å². The van der Waals surface area contributed by atoms with E-state index in [1.807, 2.05) is 23.1 Å². The standard InChI is InChI=1S/C23H26N2O3/c1-2-22(27)24-20-16-18(13-14-21(20)26)23(28)25-15-7-12-19(25)11-6-10-17-8-4-3-5-9-17/h2-5,8-9,13-14,16,19,26H,1,6-7,10-12,15H2,(H,24,27). The number of anilines is 1. The van der Waals surface area contributed by atoms with E-state index in [1.54, 1.807) is 6.07 Å². The Balaban J connectivity index is 1.64. The number of carbonyl (C=O) groups excluding carboxylic acids is 2. The summed E-state index contributed by atoms with van der Waals surface area (Å²) in [5.74, 6) is -0.566. The van der Waals surface area contributed by atoms with Crippen LogP contribution in [0.15, 0.2) is 61.2 Å². The molecule has 2 aromatic rings. The van der Waals surface area contributed by atoms with Gasteiger partial charge in [0, 0.05) is 18.2 Å². The molecule has 0 spiro atoms. The van der Waals surface area contributed by atoms with Gasteiger partial charge < -0.3 is 15.3 Å². The van der Waals surface area contributed by atoms with Gasteiger partial charge in [0.25, 0.3) is 5.91 Å². The highest BCUT2D eigenvalue weighted by atomic mass is 16.3. The highest BCUT2D eigenvalue weighted by Crippen LogP contribution is 2.28. The van der Waals surface area contributed by atoms with Gasteiger partial charge in [-0.05, 0) is 61.9 Å². The highest BCUT2D eigenvalue weighted by molar-refractivity contribution is 6.02. The molecule has 1 aliphatic rings. The number of carbonyl (C=O) groups is 2. The molecule has 0 bridgehead atoms. The molecule has 5 heteroatoms. The van der Waals surface area contributed by atoms with E-state index in [0.29, 0.717) is 5.56 Å². The average molecular weight is 378 g/mol. The van der Waals surface area contributed by atoms with Crippen molar-refractivity contribution >= 4 is 17.5 Å². The number of nitrogens with one attached hydrogen (secondary N) is 1. The molecular weight excluding hydrogens is 352 g/mol. The lowest BCUT2D eigenvalue weighted by atomic mass is 10.0. The molecule has 0 aliphatic carbocycles. The second-order valence-electron chi connectivity index (χ2n) is 7.10. The van der Waals surface area contributed by atoms with E-state index < -0.39 is 5.91 Å². The van der Waals surface area contributed by atoms with Crippen LogP contribution in [0.25, 0.3) is 0 Å². The van der Waals surface area contributed by atoms with Crippen molar-refractivity contribution in [2.24, 2.45) is 0 Å². The number of likely N-dealkylation sites (tertiary alicyclic amines) is 1. The van der Waals surface area contributed by atoms with E-state index in [4.69, 9.17) is 0 Å². The van der Waals surface area contributed by atoms with Crippen LogP contribution >= 0.6 is 0 Å². The summed E-state index contributed by atoms with van der Waals surface area (Å²) in [6.45, 7) is 4.14. The minimum absolute atomic E-state index is 0.0590. The van der Waals surface area contributed by atoms with Crippen molar-refractivity contribution in [3.63, 3.8) is 0 Å². The molecule has 1 saturated heterocycles. The van der Waals surface area contributed by atoms with E-state index in [9.17, 15) is 14.7 Å². The molecule has 1 heterocycles. The molecule has 0 aromatic heterocycles. The van der Waals surface area contributed by atoms with Crippen molar-refractivity contribution in [3.8, 4) is 5.75 Å². The molecule has 1 aliphatic heterocycles. The zero-order valence-corrected chi connectivity index (χ0v) is 15.9. The summed E-state index contributed by atoms with van der Waals surface area (Å²) < 4.78 is 0. The van der Waals surface area contributed by atoms with Crippen LogP contribution < -0.4 is 5.32 Å². The van der Waals surface area contributed by atoms with Crippen LogP contribution in [0.1, 0.15) is 41.6 Å². The first kappa shape index (κ1) is 19.7. The summed E-state index contributed by atoms with van der Waals surface area (Å²) >= 11 is 0. The van der Waals surface area contributed by atoms with Crippen molar-refractivity contribution < 1.29 is 14.7 Å². The number of nitrogens with zero attached hydrogens (tertiary/aromatic N) is 1. The maximum Gasteiger partial charge on any atom is 0.254 e. The van der Waals surface area contributed by atoms with E-state index in [-0.39, 0.29) is 23.4 Å². The number of aryl methyl sites for hydroxylation is 1. The summed E-state index contributed by atoms with van der Waals surface area (Å²) in [6, 6.07) is 15.2. The van der Waals surface area contributed by atoms with Gasteiger partial charge in [-0.3, -0.25) is 9.59 Å². The number of aromatic hydroxyl groups is 1. The van der Waals surface area contributed by atoms with Crippen LogP contribution in [-0.2, 0) is 11.2 Å². The van der Waals surface area contributed by atoms with E-state index in [1.165, 1.54) is 17.7 Å². The number of hydrogen-bond acceptors (Lipinski definition) is 3. The van der Waals surface area contributed by atoms with Gasteiger partial charge in [0.15, 0.2) is 0 Å². The SMILES string of the molecule is C=CC(=O)Nc1cc(C(=O)N2CCCC2CCCc2ccccc2)ccc1O. The van der Waals surface area contributed by atoms with E-state index >= 15 is 0 Å². The fraction of sp³-hybridized carbons (Fsp3) is 0.304. The summed E-state index contributed by atoms with van der Waals surface area (Å²) in [6.07, 6.45) is 6.15. The third-order valence-electron chi connectivity index (χ3n) is 5.17. The summed E-state index contributed by atoms with van der Waals surface area (Å²) in [5, 5.41) is 12.5. The van der Waals surface area contributed by atoms with Crippen molar-refractivity contribution in [1.82, 2.24) is 4.90 Å². The van der Waals surface area contributed by atoms with Crippen molar-refractivity contribution in [2.75, 3.05) is 11.9 Å². The zero-order chi connectivity index (χ0) is 19.9. The van der Waals surface area contributed by atoms with Crippen molar-refractivity contribution in [3.05, 3.63) is 72.3 Å². The number of phenolic OH excluding ortho intramolecular Hbond substituents is 1. The Bertz CT molecular complexity index is 848. The van der Waals surface area contributed by atoms with Crippen LogP contribution in [0.2, 0.25) is 0 Å². The maximum atomic E-state index is 13.0. The van der Waals surface area contributed by atoms with Gasteiger partial charge in [0.1, 0.15) is 5.75 Å². The van der Waals surface area contributed by atoms with Gasteiger partial charge in [-0.1, -0.05) is 36.9 Å². The normalized spacial score (nSPS) is 16.0. The van der Waals surface area contributed by atoms with Crippen molar-refractivity contribution in [1.29, 1.82) is 0 Å². The minimum Gasteiger partial charge on any atom is -0.506 e. The number of amides is 2. The Hall–Kier alpha value is -3.08. The van der Waals surface area contributed by atoms with Crippen LogP contribution in [0.3, 0.4) is 0 Å². The van der Waals surface area contributed by atoms with Gasteiger partial charge in [0.2, 0.25) is 5.91 Å². The molecule has 2 N–H and O–H groups in total. The molecule has 5 nitrogen and oxygen atoms in total. The molecular formula is C23H26N2O3. The lowest BCUT2D eigenvalue weighted by molar-refractivity contribution is -0.111. The van der Waals surface area contributed by atoms with Gasteiger partial charge in [0.05, 0.1) is 5.69 Å². The maximum absolute atomic E-state index is 13.0. The Labute approximate surface area is 165 Å². The lowest BCUT2D eigenvalue weighted by Gasteiger charge is -2.25. The number of benzene rings is 2.